The molecule has 1 atom stereocenters. The van der Waals surface area contributed by atoms with E-state index in [1.165, 1.54) is 12.1 Å². The highest BCUT2D eigenvalue weighted by Crippen LogP contribution is 2.23. The molecule has 1 fully saturated rings. The average Bonchev–Trinajstić information content (AvgIpc) is 3.09. The standard InChI is InChI=1S/C18H23N5O4/c1-19-17(13-11-20-21(2)12-13)18(24)22-9-7-16(8-10-22)27-15-5-3-14(4-6-15)23(25)26/h3-6,11-12,16-17,19H,7-10H2,1-2H3. The van der Waals surface area contributed by atoms with Crippen molar-refractivity contribution in [2.24, 2.45) is 7.05 Å². The van der Waals surface area contributed by atoms with Crippen molar-refractivity contribution in [2.75, 3.05) is 20.1 Å². The second-order valence-electron chi connectivity index (χ2n) is 6.56. The number of hydrogen-bond donors (Lipinski definition) is 1. The number of carbonyl (C=O) groups excluding carboxylic acids is 1. The van der Waals surface area contributed by atoms with Crippen LogP contribution in [0.2, 0.25) is 0 Å². The number of nitrogens with one attached hydrogen (secondary N) is 1. The molecule has 9 heteroatoms. The van der Waals surface area contributed by atoms with E-state index in [0.717, 1.165) is 5.56 Å². The Bertz CT molecular complexity index is 796. The lowest BCUT2D eigenvalue weighted by molar-refractivity contribution is -0.384. The first-order valence-corrected chi connectivity index (χ1v) is 8.83. The molecule has 0 radical (unpaired) electrons. The zero-order valence-corrected chi connectivity index (χ0v) is 15.4. The molecule has 1 saturated heterocycles. The van der Waals surface area contributed by atoms with Gasteiger partial charge in [-0.25, -0.2) is 0 Å². The van der Waals surface area contributed by atoms with Crippen LogP contribution in [0.25, 0.3) is 0 Å². The summed E-state index contributed by atoms with van der Waals surface area (Å²) in [5.74, 6) is 0.633. The van der Waals surface area contributed by atoms with E-state index in [0.29, 0.717) is 31.7 Å². The number of aryl methyl sites for hydroxylation is 1. The highest BCUT2D eigenvalue weighted by molar-refractivity contribution is 5.83. The van der Waals surface area contributed by atoms with Crippen molar-refractivity contribution in [2.45, 2.75) is 25.0 Å². The maximum absolute atomic E-state index is 12.8. The summed E-state index contributed by atoms with van der Waals surface area (Å²) in [5.41, 5.74) is 0.880. The summed E-state index contributed by atoms with van der Waals surface area (Å²) in [7, 11) is 3.59. The van der Waals surface area contributed by atoms with Gasteiger partial charge in [0.05, 0.1) is 11.1 Å². The molecule has 2 heterocycles. The number of carbonyl (C=O) groups is 1. The number of hydrogen-bond acceptors (Lipinski definition) is 6. The molecule has 0 aliphatic carbocycles. The van der Waals surface area contributed by atoms with Crippen molar-refractivity contribution < 1.29 is 14.5 Å². The lowest BCUT2D eigenvalue weighted by atomic mass is 10.0. The van der Waals surface area contributed by atoms with Crippen molar-refractivity contribution in [1.29, 1.82) is 0 Å². The Hall–Kier alpha value is -2.94. The molecule has 1 N–H and O–H groups in total. The third-order valence-corrected chi connectivity index (χ3v) is 4.70. The lowest BCUT2D eigenvalue weighted by Gasteiger charge is -2.34. The molecule has 0 spiro atoms. The fourth-order valence-corrected chi connectivity index (χ4v) is 3.24. The first kappa shape index (κ1) is 18.8. The molecule has 3 rings (SSSR count). The van der Waals surface area contributed by atoms with Crippen LogP contribution in [0, 0.1) is 10.1 Å². The summed E-state index contributed by atoms with van der Waals surface area (Å²) < 4.78 is 7.58. The normalized spacial score (nSPS) is 16.1. The predicted octanol–water partition coefficient (Wildman–Crippen LogP) is 1.66. The van der Waals surface area contributed by atoms with Gasteiger partial charge in [0.2, 0.25) is 5.91 Å². The lowest BCUT2D eigenvalue weighted by Crippen LogP contribution is -2.46. The van der Waals surface area contributed by atoms with Gasteiger partial charge >= 0.3 is 0 Å². The number of likely N-dealkylation sites (tertiary alicyclic amines) is 1. The van der Waals surface area contributed by atoms with Gasteiger partial charge in [-0.1, -0.05) is 0 Å². The number of ether oxygens (including phenoxy) is 1. The van der Waals surface area contributed by atoms with Crippen LogP contribution < -0.4 is 10.1 Å². The van der Waals surface area contributed by atoms with Gasteiger partial charge in [0.15, 0.2) is 0 Å². The molecule has 9 nitrogen and oxygen atoms in total. The van der Waals surface area contributed by atoms with Crippen LogP contribution in [-0.4, -0.2) is 51.8 Å². The molecule has 144 valence electrons. The fourth-order valence-electron chi connectivity index (χ4n) is 3.24. The Morgan fingerprint density at radius 1 is 1.33 bits per heavy atom. The summed E-state index contributed by atoms with van der Waals surface area (Å²) in [6.07, 6.45) is 4.95. The third-order valence-electron chi connectivity index (χ3n) is 4.70. The molecule has 1 aromatic heterocycles. The summed E-state index contributed by atoms with van der Waals surface area (Å²) in [4.78, 5) is 24.9. The largest absolute Gasteiger partial charge is 0.490 e. The van der Waals surface area contributed by atoms with Crippen LogP contribution in [0.15, 0.2) is 36.7 Å². The van der Waals surface area contributed by atoms with Crippen LogP contribution in [0.5, 0.6) is 5.75 Å². The van der Waals surface area contributed by atoms with E-state index in [9.17, 15) is 14.9 Å². The van der Waals surface area contributed by atoms with E-state index < -0.39 is 11.0 Å². The second kappa shape index (κ2) is 8.17. The Kier molecular flexibility index (Phi) is 5.70. The number of piperidine rings is 1. The molecule has 1 aliphatic heterocycles. The zero-order valence-electron chi connectivity index (χ0n) is 15.4. The van der Waals surface area contributed by atoms with Crippen molar-refractivity contribution in [3.63, 3.8) is 0 Å². The van der Waals surface area contributed by atoms with Gasteiger partial charge in [-0.05, 0) is 19.2 Å². The molecular formula is C18H23N5O4. The average molecular weight is 373 g/mol. The van der Waals surface area contributed by atoms with Gasteiger partial charge in [-0.15, -0.1) is 0 Å². The van der Waals surface area contributed by atoms with Crippen molar-refractivity contribution in [1.82, 2.24) is 20.0 Å². The van der Waals surface area contributed by atoms with E-state index in [1.807, 2.05) is 18.1 Å². The maximum Gasteiger partial charge on any atom is 0.269 e. The summed E-state index contributed by atoms with van der Waals surface area (Å²) in [6, 6.07) is 5.66. The fraction of sp³-hybridized carbons (Fsp3) is 0.444. The topological polar surface area (TPSA) is 103 Å². The van der Waals surface area contributed by atoms with Crippen molar-refractivity contribution >= 4 is 11.6 Å². The number of benzene rings is 1. The Morgan fingerprint density at radius 2 is 2.00 bits per heavy atom. The molecule has 2 aromatic rings. The molecule has 1 unspecified atom stereocenters. The zero-order chi connectivity index (χ0) is 19.4. The number of nitro benzene ring substituents is 1. The van der Waals surface area contributed by atoms with E-state index in [4.69, 9.17) is 4.74 Å². The monoisotopic (exact) mass is 373 g/mol. The van der Waals surface area contributed by atoms with Crippen molar-refractivity contribution in [3.05, 3.63) is 52.3 Å². The number of amides is 1. The van der Waals surface area contributed by atoms with Crippen LogP contribution in [0.4, 0.5) is 5.69 Å². The number of nitro groups is 1. The molecule has 0 bridgehead atoms. The van der Waals surface area contributed by atoms with Gasteiger partial charge in [0, 0.05) is 56.9 Å². The van der Waals surface area contributed by atoms with Gasteiger partial charge in [-0.3, -0.25) is 19.6 Å². The first-order chi connectivity index (χ1) is 13.0. The van der Waals surface area contributed by atoms with Gasteiger partial charge in [0.25, 0.3) is 5.69 Å². The number of aromatic nitrogens is 2. The quantitative estimate of drug-likeness (QED) is 0.610. The van der Waals surface area contributed by atoms with Crippen LogP contribution in [0.1, 0.15) is 24.4 Å². The minimum absolute atomic E-state index is 0.0121. The third kappa shape index (κ3) is 4.43. The molecule has 1 aromatic carbocycles. The van der Waals surface area contributed by atoms with E-state index in [1.54, 1.807) is 30.1 Å². The summed E-state index contributed by atoms with van der Waals surface area (Å²) in [6.45, 7) is 1.21. The number of likely N-dealkylation sites (N-methyl/N-ethyl adjacent to an activating group) is 1. The van der Waals surface area contributed by atoms with Crippen LogP contribution in [0.3, 0.4) is 0 Å². The van der Waals surface area contributed by atoms with Gasteiger partial charge < -0.3 is 15.0 Å². The smallest absolute Gasteiger partial charge is 0.269 e. The number of rotatable bonds is 6. The van der Waals surface area contributed by atoms with E-state index >= 15 is 0 Å². The molecule has 1 amide bonds. The second-order valence-corrected chi connectivity index (χ2v) is 6.56. The minimum Gasteiger partial charge on any atom is -0.490 e. The summed E-state index contributed by atoms with van der Waals surface area (Å²) in [5, 5.41) is 17.9. The molecule has 1 aliphatic rings. The maximum atomic E-state index is 12.8. The Labute approximate surface area is 157 Å². The summed E-state index contributed by atoms with van der Waals surface area (Å²) >= 11 is 0. The highest BCUT2D eigenvalue weighted by Gasteiger charge is 2.29. The Morgan fingerprint density at radius 3 is 2.52 bits per heavy atom. The Balaban J connectivity index is 1.54. The van der Waals surface area contributed by atoms with Gasteiger partial charge in [-0.2, -0.15) is 5.10 Å². The minimum atomic E-state index is -0.436. The number of nitrogens with zero attached hydrogens (tertiary/aromatic N) is 4. The van der Waals surface area contributed by atoms with Crippen LogP contribution >= 0.6 is 0 Å². The molecule has 27 heavy (non-hydrogen) atoms. The SMILES string of the molecule is CNC(C(=O)N1CCC(Oc2ccc([N+](=O)[O-])cc2)CC1)c1cnn(C)c1. The number of non-ortho nitro benzene ring substituents is 1. The molecule has 0 saturated carbocycles. The highest BCUT2D eigenvalue weighted by atomic mass is 16.6. The first-order valence-electron chi connectivity index (χ1n) is 8.83. The van der Waals surface area contributed by atoms with E-state index in [2.05, 4.69) is 10.4 Å². The molecular weight excluding hydrogens is 350 g/mol. The van der Waals surface area contributed by atoms with Crippen molar-refractivity contribution in [3.8, 4) is 5.75 Å². The predicted molar refractivity (Wildman–Crippen MR) is 98.3 cm³/mol. The van der Waals surface area contributed by atoms with Gasteiger partial charge in [0.1, 0.15) is 17.9 Å². The van der Waals surface area contributed by atoms with E-state index in [-0.39, 0.29) is 17.7 Å². The van der Waals surface area contributed by atoms with Crippen LogP contribution in [-0.2, 0) is 11.8 Å².